The smallest absolute Gasteiger partial charge is 0.243 e. The van der Waals surface area contributed by atoms with E-state index in [1.54, 1.807) is 12.1 Å². The molecule has 2 rings (SSSR count). The molecule has 0 radical (unpaired) electrons. The van der Waals surface area contributed by atoms with E-state index in [0.29, 0.717) is 24.9 Å². The van der Waals surface area contributed by atoms with Gasteiger partial charge in [0.2, 0.25) is 15.9 Å². The molecule has 1 saturated heterocycles. The van der Waals surface area contributed by atoms with Gasteiger partial charge >= 0.3 is 0 Å². The van der Waals surface area contributed by atoms with Crippen molar-refractivity contribution >= 4 is 15.9 Å². The molecule has 1 heterocycles. The van der Waals surface area contributed by atoms with Gasteiger partial charge in [0.1, 0.15) is 0 Å². The summed E-state index contributed by atoms with van der Waals surface area (Å²) in [7, 11) is -3.62. The first-order valence-electron chi connectivity index (χ1n) is 8.11. The molecule has 1 aromatic carbocycles. The molecule has 23 heavy (non-hydrogen) atoms. The number of carbonyl (C=O) groups excluding carboxylic acids is 1. The number of hydrogen-bond donors (Lipinski definition) is 1. The van der Waals surface area contributed by atoms with Crippen LogP contribution in [0.15, 0.2) is 23.1 Å². The van der Waals surface area contributed by atoms with E-state index >= 15 is 0 Å². The van der Waals surface area contributed by atoms with Gasteiger partial charge < -0.3 is 5.32 Å². The molecule has 0 saturated carbocycles. The molecule has 1 aliphatic heterocycles. The van der Waals surface area contributed by atoms with Crippen molar-refractivity contribution in [2.45, 2.75) is 44.9 Å². The van der Waals surface area contributed by atoms with Gasteiger partial charge in [-0.05, 0) is 41.5 Å². The molecule has 6 heteroatoms. The third-order valence-corrected chi connectivity index (χ3v) is 5.85. The minimum atomic E-state index is -3.62. The van der Waals surface area contributed by atoms with Crippen molar-refractivity contribution in [3.05, 3.63) is 29.3 Å². The zero-order valence-corrected chi connectivity index (χ0v) is 15.1. The molecule has 1 amide bonds. The largest absolute Gasteiger partial charge is 0.354 e. The van der Waals surface area contributed by atoms with E-state index in [0.717, 1.165) is 12.0 Å². The molecule has 1 fully saturated rings. The van der Waals surface area contributed by atoms with Crippen LogP contribution >= 0.6 is 0 Å². The number of rotatable bonds is 5. The Morgan fingerprint density at radius 2 is 1.91 bits per heavy atom. The van der Waals surface area contributed by atoms with Crippen LogP contribution in [0, 0.1) is 5.92 Å². The summed E-state index contributed by atoms with van der Waals surface area (Å²) in [5, 5.41) is 2.65. The molecule has 0 atom stereocenters. The number of hydrogen-bond acceptors (Lipinski definition) is 3. The van der Waals surface area contributed by atoms with Crippen molar-refractivity contribution in [1.29, 1.82) is 0 Å². The average molecular weight is 338 g/mol. The summed E-state index contributed by atoms with van der Waals surface area (Å²) in [5.74, 6) is 0.550. The second-order valence-corrected chi connectivity index (χ2v) is 8.74. The molecule has 0 aliphatic carbocycles. The van der Waals surface area contributed by atoms with Crippen molar-refractivity contribution in [1.82, 2.24) is 9.62 Å². The molecule has 0 unspecified atom stereocenters. The number of nitrogens with zero attached hydrogens (tertiary/aromatic N) is 1. The summed E-state index contributed by atoms with van der Waals surface area (Å²) in [4.78, 5) is 11.8. The highest BCUT2D eigenvalue weighted by Gasteiger charge is 2.29. The first-order chi connectivity index (χ1) is 10.7. The van der Waals surface area contributed by atoms with Gasteiger partial charge in [0.15, 0.2) is 0 Å². The van der Waals surface area contributed by atoms with E-state index in [1.165, 1.54) is 9.87 Å². The van der Waals surface area contributed by atoms with Crippen LogP contribution in [0.5, 0.6) is 0 Å². The molecular formula is C17H26N2O3S. The van der Waals surface area contributed by atoms with Gasteiger partial charge in [-0.3, -0.25) is 4.79 Å². The molecule has 1 aromatic rings. The van der Waals surface area contributed by atoms with Gasteiger partial charge in [-0.25, -0.2) is 8.42 Å². The SMILES string of the molecule is CC(C)Cc1cc(S(=O)(=O)N2CCNC(=O)C2)ccc1C(C)C. The van der Waals surface area contributed by atoms with E-state index in [-0.39, 0.29) is 17.3 Å². The van der Waals surface area contributed by atoms with Crippen LogP contribution in [0.25, 0.3) is 0 Å². The Balaban J connectivity index is 2.40. The first kappa shape index (κ1) is 17.9. The number of nitrogens with one attached hydrogen (secondary N) is 1. The Morgan fingerprint density at radius 1 is 1.22 bits per heavy atom. The van der Waals surface area contributed by atoms with Gasteiger partial charge in [-0.2, -0.15) is 4.31 Å². The van der Waals surface area contributed by atoms with Crippen molar-refractivity contribution in [2.75, 3.05) is 19.6 Å². The minimum absolute atomic E-state index is 0.103. The third kappa shape index (κ3) is 4.12. The van der Waals surface area contributed by atoms with Crippen LogP contribution in [0.2, 0.25) is 0 Å². The third-order valence-electron chi connectivity index (χ3n) is 4.01. The highest BCUT2D eigenvalue weighted by molar-refractivity contribution is 7.89. The molecule has 0 bridgehead atoms. The van der Waals surface area contributed by atoms with Crippen molar-refractivity contribution < 1.29 is 13.2 Å². The van der Waals surface area contributed by atoms with E-state index in [4.69, 9.17) is 0 Å². The lowest BCUT2D eigenvalue weighted by Gasteiger charge is -2.26. The molecular weight excluding hydrogens is 312 g/mol. The monoisotopic (exact) mass is 338 g/mol. The maximum Gasteiger partial charge on any atom is 0.243 e. The van der Waals surface area contributed by atoms with Crippen LogP contribution in [-0.2, 0) is 21.2 Å². The van der Waals surface area contributed by atoms with Crippen LogP contribution in [0.3, 0.4) is 0 Å². The second-order valence-electron chi connectivity index (χ2n) is 6.80. The molecule has 0 spiro atoms. The Morgan fingerprint density at radius 3 is 2.48 bits per heavy atom. The lowest BCUT2D eigenvalue weighted by atomic mass is 9.92. The van der Waals surface area contributed by atoms with E-state index in [1.807, 2.05) is 6.07 Å². The first-order valence-corrected chi connectivity index (χ1v) is 9.55. The highest BCUT2D eigenvalue weighted by atomic mass is 32.2. The highest BCUT2D eigenvalue weighted by Crippen LogP contribution is 2.26. The summed E-state index contributed by atoms with van der Waals surface area (Å²) in [5.41, 5.74) is 2.27. The average Bonchev–Trinajstić information content (AvgIpc) is 2.46. The maximum atomic E-state index is 12.8. The molecule has 1 aliphatic rings. The van der Waals surface area contributed by atoms with E-state index in [9.17, 15) is 13.2 Å². The number of benzene rings is 1. The minimum Gasteiger partial charge on any atom is -0.354 e. The van der Waals surface area contributed by atoms with Gasteiger partial charge in [0.25, 0.3) is 0 Å². The number of amides is 1. The summed E-state index contributed by atoms with van der Waals surface area (Å²) >= 11 is 0. The fraction of sp³-hybridized carbons (Fsp3) is 0.588. The standard InChI is InChI=1S/C17H26N2O3S/c1-12(2)9-14-10-15(5-6-16(14)13(3)4)23(21,22)19-8-7-18-17(20)11-19/h5-6,10,12-13H,7-9,11H2,1-4H3,(H,18,20). The second kappa shape index (κ2) is 7.01. The molecule has 0 aromatic heterocycles. The summed E-state index contributed by atoms with van der Waals surface area (Å²) < 4.78 is 26.9. The van der Waals surface area contributed by atoms with E-state index < -0.39 is 10.0 Å². The predicted molar refractivity (Wildman–Crippen MR) is 90.8 cm³/mol. The van der Waals surface area contributed by atoms with Gasteiger partial charge in [-0.1, -0.05) is 33.8 Å². The van der Waals surface area contributed by atoms with E-state index in [2.05, 4.69) is 33.0 Å². The van der Waals surface area contributed by atoms with Gasteiger partial charge in [0, 0.05) is 13.1 Å². The molecule has 1 N–H and O–H groups in total. The maximum absolute atomic E-state index is 12.8. The van der Waals surface area contributed by atoms with Gasteiger partial charge in [-0.15, -0.1) is 0 Å². The number of sulfonamides is 1. The normalized spacial score (nSPS) is 16.9. The Kier molecular flexibility index (Phi) is 5.47. The van der Waals surface area contributed by atoms with Crippen molar-refractivity contribution in [2.24, 2.45) is 5.92 Å². The quantitative estimate of drug-likeness (QED) is 0.894. The lowest BCUT2D eigenvalue weighted by molar-refractivity contribution is -0.122. The summed E-state index contributed by atoms with van der Waals surface area (Å²) in [6.45, 7) is 9.05. The van der Waals surface area contributed by atoms with Gasteiger partial charge in [0.05, 0.1) is 11.4 Å². The Bertz CT molecular complexity index is 681. The van der Waals surface area contributed by atoms with Crippen LogP contribution in [0.1, 0.15) is 44.7 Å². The summed E-state index contributed by atoms with van der Waals surface area (Å²) in [6, 6.07) is 5.37. The van der Waals surface area contributed by atoms with Crippen molar-refractivity contribution in [3.63, 3.8) is 0 Å². The van der Waals surface area contributed by atoms with Crippen LogP contribution < -0.4 is 5.32 Å². The fourth-order valence-electron chi connectivity index (χ4n) is 2.89. The number of carbonyl (C=O) groups is 1. The summed E-state index contributed by atoms with van der Waals surface area (Å²) in [6.07, 6.45) is 0.845. The Hall–Kier alpha value is -1.40. The molecule has 128 valence electrons. The predicted octanol–water partition coefficient (Wildman–Crippen LogP) is 2.13. The zero-order chi connectivity index (χ0) is 17.2. The fourth-order valence-corrected chi connectivity index (χ4v) is 4.34. The number of piperazine rings is 1. The zero-order valence-electron chi connectivity index (χ0n) is 14.3. The molecule has 5 nitrogen and oxygen atoms in total. The topological polar surface area (TPSA) is 66.5 Å². The Labute approximate surface area is 139 Å². The van der Waals surface area contributed by atoms with Crippen molar-refractivity contribution in [3.8, 4) is 0 Å². The van der Waals surface area contributed by atoms with Crippen LogP contribution in [-0.4, -0.2) is 38.3 Å². The lowest BCUT2D eigenvalue weighted by Crippen LogP contribution is -2.49. The van der Waals surface area contributed by atoms with Crippen LogP contribution in [0.4, 0.5) is 0 Å².